The number of amides is 1. The van der Waals surface area contributed by atoms with Gasteiger partial charge >= 0.3 is 0 Å². The van der Waals surface area contributed by atoms with Crippen LogP contribution >= 0.6 is 22.9 Å². The second-order valence-corrected chi connectivity index (χ2v) is 6.91. The molecule has 0 aliphatic carbocycles. The average molecular weight is 361 g/mol. The highest BCUT2D eigenvalue weighted by atomic mass is 35.5. The van der Waals surface area contributed by atoms with E-state index in [0.717, 1.165) is 15.8 Å². The number of aromatic nitrogens is 1. The predicted molar refractivity (Wildman–Crippen MR) is 94.3 cm³/mol. The number of anilines is 1. The third kappa shape index (κ3) is 2.79. The van der Waals surface area contributed by atoms with Gasteiger partial charge in [-0.3, -0.25) is 10.1 Å². The maximum absolute atomic E-state index is 12.4. The summed E-state index contributed by atoms with van der Waals surface area (Å²) in [5.74, 6) is 0.926. The van der Waals surface area contributed by atoms with Crippen molar-refractivity contribution in [2.75, 3.05) is 11.9 Å². The van der Waals surface area contributed by atoms with E-state index in [4.69, 9.17) is 21.1 Å². The summed E-state index contributed by atoms with van der Waals surface area (Å²) in [5, 5.41) is 3.97. The molecule has 0 saturated heterocycles. The molecule has 0 spiro atoms. The van der Waals surface area contributed by atoms with Crippen molar-refractivity contribution in [3.63, 3.8) is 0 Å². The molecular weight excluding hydrogens is 348 g/mol. The van der Waals surface area contributed by atoms with Gasteiger partial charge in [0.1, 0.15) is 6.61 Å². The first-order valence-electron chi connectivity index (χ1n) is 7.36. The fourth-order valence-electron chi connectivity index (χ4n) is 2.54. The first-order valence-corrected chi connectivity index (χ1v) is 8.55. The maximum atomic E-state index is 12.4. The zero-order valence-electron chi connectivity index (χ0n) is 12.7. The van der Waals surface area contributed by atoms with Crippen molar-refractivity contribution in [3.8, 4) is 11.5 Å². The largest absolute Gasteiger partial charge is 0.485 e. The van der Waals surface area contributed by atoms with E-state index >= 15 is 0 Å². The van der Waals surface area contributed by atoms with Crippen molar-refractivity contribution in [3.05, 3.63) is 47.0 Å². The summed E-state index contributed by atoms with van der Waals surface area (Å²) in [6.07, 6.45) is -0.711. The fourth-order valence-corrected chi connectivity index (χ4v) is 3.87. The molecule has 0 unspecified atom stereocenters. The van der Waals surface area contributed by atoms with Crippen LogP contribution in [-0.2, 0) is 4.79 Å². The van der Waals surface area contributed by atoms with Gasteiger partial charge in [-0.1, -0.05) is 35.1 Å². The molecule has 0 radical (unpaired) electrons. The Morgan fingerprint density at radius 2 is 2.12 bits per heavy atom. The van der Waals surface area contributed by atoms with Gasteiger partial charge < -0.3 is 9.47 Å². The van der Waals surface area contributed by atoms with Crippen molar-refractivity contribution in [1.29, 1.82) is 0 Å². The summed E-state index contributed by atoms with van der Waals surface area (Å²) >= 11 is 7.44. The van der Waals surface area contributed by atoms with E-state index in [2.05, 4.69) is 10.3 Å². The summed E-state index contributed by atoms with van der Waals surface area (Å²) in [6.45, 7) is 2.10. The molecule has 2 heterocycles. The number of benzene rings is 2. The van der Waals surface area contributed by atoms with Crippen molar-refractivity contribution in [2.45, 2.75) is 13.0 Å². The number of nitrogens with one attached hydrogen (secondary N) is 1. The standard InChI is InChI=1S/C17H13ClN2O3S/c1-9-6-10(18)7-14-15(9)19-17(24-14)20-16(21)13-8-22-11-4-2-3-5-12(11)23-13/h2-7,13H,8H2,1H3,(H,19,20,21)/t13-/m1/s1. The Kier molecular flexibility index (Phi) is 3.78. The number of rotatable bonds is 2. The molecule has 7 heteroatoms. The number of fused-ring (bicyclic) bond motifs is 2. The van der Waals surface area contributed by atoms with E-state index in [-0.39, 0.29) is 12.5 Å². The van der Waals surface area contributed by atoms with E-state index in [1.54, 1.807) is 6.07 Å². The molecule has 0 bridgehead atoms. The number of hydrogen-bond donors (Lipinski definition) is 1. The Morgan fingerprint density at radius 1 is 1.33 bits per heavy atom. The highest BCUT2D eigenvalue weighted by Gasteiger charge is 2.28. The van der Waals surface area contributed by atoms with Gasteiger partial charge in [0.2, 0.25) is 6.10 Å². The number of nitrogens with zero attached hydrogens (tertiary/aromatic N) is 1. The molecule has 1 N–H and O–H groups in total. The smallest absolute Gasteiger partial charge is 0.270 e. The highest BCUT2D eigenvalue weighted by Crippen LogP contribution is 2.33. The summed E-state index contributed by atoms with van der Waals surface area (Å²) < 4.78 is 12.2. The van der Waals surface area contributed by atoms with E-state index in [1.165, 1.54) is 11.3 Å². The zero-order chi connectivity index (χ0) is 16.7. The molecule has 1 aliphatic heterocycles. The van der Waals surface area contributed by atoms with Crippen LogP contribution in [0.25, 0.3) is 10.2 Å². The van der Waals surface area contributed by atoms with Crippen molar-refractivity contribution >= 4 is 44.2 Å². The third-order valence-corrected chi connectivity index (χ3v) is 4.82. The molecule has 2 aromatic carbocycles. The Morgan fingerprint density at radius 3 is 2.96 bits per heavy atom. The molecule has 1 aromatic heterocycles. The van der Waals surface area contributed by atoms with Crippen molar-refractivity contribution < 1.29 is 14.3 Å². The molecule has 24 heavy (non-hydrogen) atoms. The lowest BCUT2D eigenvalue weighted by Crippen LogP contribution is -2.40. The van der Waals surface area contributed by atoms with Crippen LogP contribution in [-0.4, -0.2) is 23.6 Å². The van der Waals surface area contributed by atoms with Crippen LogP contribution in [0.3, 0.4) is 0 Å². The minimum Gasteiger partial charge on any atom is -0.485 e. The normalized spacial score (nSPS) is 16.2. The molecule has 3 aromatic rings. The van der Waals surface area contributed by atoms with Gasteiger partial charge in [0.05, 0.1) is 10.2 Å². The van der Waals surface area contributed by atoms with Gasteiger partial charge in [-0.2, -0.15) is 0 Å². The first-order chi connectivity index (χ1) is 11.6. The van der Waals surface area contributed by atoms with Gasteiger partial charge in [-0.15, -0.1) is 0 Å². The summed E-state index contributed by atoms with van der Waals surface area (Å²) in [5.41, 5.74) is 1.81. The Bertz CT molecular complexity index is 941. The zero-order valence-corrected chi connectivity index (χ0v) is 14.3. The van der Waals surface area contributed by atoms with Crippen LogP contribution in [0.1, 0.15) is 5.56 Å². The van der Waals surface area contributed by atoms with Gasteiger partial charge in [0, 0.05) is 5.02 Å². The lowest BCUT2D eigenvalue weighted by Gasteiger charge is -2.25. The van der Waals surface area contributed by atoms with Gasteiger partial charge in [0.15, 0.2) is 16.6 Å². The Hall–Kier alpha value is -2.31. The van der Waals surface area contributed by atoms with E-state index in [9.17, 15) is 4.79 Å². The van der Waals surface area contributed by atoms with Crippen LogP contribution in [0.4, 0.5) is 5.13 Å². The third-order valence-electron chi connectivity index (χ3n) is 3.68. The van der Waals surface area contributed by atoms with Crippen LogP contribution in [0.15, 0.2) is 36.4 Å². The first kappa shape index (κ1) is 15.2. The maximum Gasteiger partial charge on any atom is 0.270 e. The van der Waals surface area contributed by atoms with Gasteiger partial charge in [-0.05, 0) is 36.8 Å². The summed E-state index contributed by atoms with van der Waals surface area (Å²) in [6, 6.07) is 11.0. The molecule has 122 valence electrons. The SMILES string of the molecule is Cc1cc(Cl)cc2sc(NC(=O)[C@H]3COc4ccccc4O3)nc12. The number of halogens is 1. The molecule has 5 nitrogen and oxygen atoms in total. The van der Waals surface area contributed by atoms with E-state index in [1.807, 2.05) is 37.3 Å². The Balaban J connectivity index is 1.54. The van der Waals surface area contributed by atoms with Crippen molar-refractivity contribution in [2.24, 2.45) is 0 Å². The highest BCUT2D eigenvalue weighted by molar-refractivity contribution is 7.22. The minimum atomic E-state index is -0.711. The number of para-hydroxylation sites is 2. The quantitative estimate of drug-likeness (QED) is 0.749. The minimum absolute atomic E-state index is 0.165. The summed E-state index contributed by atoms with van der Waals surface area (Å²) in [4.78, 5) is 16.9. The Labute approximate surface area is 147 Å². The van der Waals surface area contributed by atoms with Crippen molar-refractivity contribution in [1.82, 2.24) is 4.98 Å². The lowest BCUT2D eigenvalue weighted by molar-refractivity contribution is -0.125. The average Bonchev–Trinajstić information content (AvgIpc) is 2.97. The lowest BCUT2D eigenvalue weighted by atomic mass is 10.2. The van der Waals surface area contributed by atoms with Crippen LogP contribution in [0.5, 0.6) is 11.5 Å². The van der Waals surface area contributed by atoms with Gasteiger partial charge in [0.25, 0.3) is 5.91 Å². The molecule has 4 rings (SSSR count). The second-order valence-electron chi connectivity index (χ2n) is 5.44. The number of thiazole rings is 1. The number of aryl methyl sites for hydroxylation is 1. The number of hydrogen-bond acceptors (Lipinski definition) is 5. The van der Waals surface area contributed by atoms with Gasteiger partial charge in [-0.25, -0.2) is 4.98 Å². The number of carbonyl (C=O) groups excluding carboxylic acids is 1. The monoisotopic (exact) mass is 360 g/mol. The topological polar surface area (TPSA) is 60.5 Å². The number of ether oxygens (including phenoxy) is 2. The molecule has 1 aliphatic rings. The van der Waals surface area contributed by atoms with Crippen LogP contribution in [0.2, 0.25) is 5.02 Å². The summed E-state index contributed by atoms with van der Waals surface area (Å²) in [7, 11) is 0. The fraction of sp³-hybridized carbons (Fsp3) is 0.176. The molecular formula is C17H13ClN2O3S. The molecule has 1 amide bonds. The second kappa shape index (κ2) is 5.96. The molecule has 0 fully saturated rings. The molecule has 0 saturated carbocycles. The van der Waals surface area contributed by atoms with Crippen LogP contribution in [0, 0.1) is 6.92 Å². The molecule has 1 atom stereocenters. The number of carbonyl (C=O) groups is 1. The van der Waals surface area contributed by atoms with E-state index in [0.29, 0.717) is 21.7 Å². The van der Waals surface area contributed by atoms with E-state index < -0.39 is 6.10 Å². The predicted octanol–water partition coefficient (Wildman–Crippen LogP) is 4.04. The van der Waals surface area contributed by atoms with Crippen LogP contribution < -0.4 is 14.8 Å².